The molecule has 0 radical (unpaired) electrons. The first-order valence-corrected chi connectivity index (χ1v) is 8.14. The summed E-state index contributed by atoms with van der Waals surface area (Å²) in [6, 6.07) is 17.1. The molecule has 2 rings (SSSR count). The zero-order valence-electron chi connectivity index (χ0n) is 12.6. The summed E-state index contributed by atoms with van der Waals surface area (Å²) in [7, 11) is 0. The molecule has 0 amide bonds. The average molecular weight is 348 g/mol. The molecule has 0 saturated carbocycles. The summed E-state index contributed by atoms with van der Waals surface area (Å²) in [6.07, 6.45) is 0. The van der Waals surface area contributed by atoms with Crippen molar-refractivity contribution >= 4 is 15.9 Å². The van der Waals surface area contributed by atoms with Crippen LogP contribution in [0, 0.1) is 0 Å². The molecule has 0 aliphatic heterocycles. The van der Waals surface area contributed by atoms with Crippen molar-refractivity contribution in [3.05, 3.63) is 69.7 Å². The number of hydrogen-bond donors (Lipinski definition) is 1. The maximum atomic E-state index is 5.54. The molecule has 0 heterocycles. The molecule has 0 bridgehead atoms. The predicted octanol–water partition coefficient (Wildman–Crippen LogP) is 4.84. The van der Waals surface area contributed by atoms with Crippen molar-refractivity contribution in [3.8, 4) is 0 Å². The monoisotopic (exact) mass is 347 g/mol. The van der Waals surface area contributed by atoms with Crippen LogP contribution in [0.2, 0.25) is 0 Å². The van der Waals surface area contributed by atoms with Gasteiger partial charge in [-0.15, -0.1) is 0 Å². The third kappa shape index (κ3) is 4.67. The van der Waals surface area contributed by atoms with Crippen molar-refractivity contribution in [1.29, 1.82) is 0 Å². The average Bonchev–Trinajstić information content (AvgIpc) is 2.52. The maximum Gasteiger partial charge on any atom is 0.0719 e. The minimum Gasteiger partial charge on any atom is -0.377 e. The molecule has 2 aromatic rings. The molecule has 1 unspecified atom stereocenters. The molecule has 112 valence electrons. The van der Waals surface area contributed by atoms with E-state index in [4.69, 9.17) is 4.74 Å². The van der Waals surface area contributed by atoms with E-state index in [0.29, 0.717) is 12.6 Å². The summed E-state index contributed by atoms with van der Waals surface area (Å²) in [5.74, 6) is 0. The molecule has 0 saturated heterocycles. The number of benzene rings is 2. The van der Waals surface area contributed by atoms with Crippen LogP contribution in [-0.2, 0) is 17.9 Å². The minimum atomic E-state index is 0.292. The Morgan fingerprint density at radius 2 is 1.71 bits per heavy atom. The number of halogens is 1. The zero-order chi connectivity index (χ0) is 15.1. The van der Waals surface area contributed by atoms with Gasteiger partial charge in [0.2, 0.25) is 0 Å². The van der Waals surface area contributed by atoms with Crippen molar-refractivity contribution in [1.82, 2.24) is 5.32 Å². The van der Waals surface area contributed by atoms with Crippen molar-refractivity contribution in [3.63, 3.8) is 0 Å². The second kappa shape index (κ2) is 8.32. The Labute approximate surface area is 135 Å². The molecular formula is C18H22BrNO. The van der Waals surface area contributed by atoms with Crippen LogP contribution in [0.15, 0.2) is 53.0 Å². The largest absolute Gasteiger partial charge is 0.377 e. The Hall–Kier alpha value is -1.16. The highest BCUT2D eigenvalue weighted by Gasteiger charge is 2.09. The normalized spacial score (nSPS) is 12.3. The lowest BCUT2D eigenvalue weighted by Crippen LogP contribution is -2.19. The lowest BCUT2D eigenvalue weighted by molar-refractivity contribution is 0.133. The Kier molecular flexibility index (Phi) is 6.43. The molecule has 3 heteroatoms. The van der Waals surface area contributed by atoms with E-state index in [2.05, 4.69) is 70.6 Å². The molecule has 0 aliphatic carbocycles. The van der Waals surface area contributed by atoms with Gasteiger partial charge in [-0.3, -0.25) is 0 Å². The van der Waals surface area contributed by atoms with Crippen molar-refractivity contribution < 1.29 is 4.74 Å². The molecule has 1 atom stereocenters. The fourth-order valence-corrected chi connectivity index (χ4v) is 2.91. The summed E-state index contributed by atoms with van der Waals surface area (Å²) >= 11 is 3.61. The van der Waals surface area contributed by atoms with Crippen molar-refractivity contribution in [2.75, 3.05) is 6.61 Å². The van der Waals surface area contributed by atoms with Crippen LogP contribution in [-0.4, -0.2) is 6.61 Å². The Morgan fingerprint density at radius 1 is 1.05 bits per heavy atom. The Morgan fingerprint density at radius 3 is 2.43 bits per heavy atom. The molecule has 0 fully saturated rings. The van der Waals surface area contributed by atoms with E-state index in [1.165, 1.54) is 16.7 Å². The quantitative estimate of drug-likeness (QED) is 0.773. The second-order valence-corrected chi connectivity index (χ2v) is 5.88. The first kappa shape index (κ1) is 16.2. The third-order valence-electron chi connectivity index (χ3n) is 3.55. The molecule has 0 aliphatic rings. The van der Waals surface area contributed by atoms with E-state index in [1.807, 2.05) is 13.0 Å². The van der Waals surface area contributed by atoms with Gasteiger partial charge in [0.05, 0.1) is 6.61 Å². The van der Waals surface area contributed by atoms with Crippen LogP contribution >= 0.6 is 15.9 Å². The third-order valence-corrected chi connectivity index (χ3v) is 4.27. The van der Waals surface area contributed by atoms with Gasteiger partial charge in [-0.05, 0) is 36.6 Å². The van der Waals surface area contributed by atoms with Crippen LogP contribution in [0.1, 0.15) is 36.6 Å². The highest BCUT2D eigenvalue weighted by Crippen LogP contribution is 2.23. The predicted molar refractivity (Wildman–Crippen MR) is 91.2 cm³/mol. The van der Waals surface area contributed by atoms with Crippen LogP contribution in [0.3, 0.4) is 0 Å². The molecule has 21 heavy (non-hydrogen) atoms. The van der Waals surface area contributed by atoms with Gasteiger partial charge in [-0.1, -0.05) is 58.4 Å². The summed E-state index contributed by atoms with van der Waals surface area (Å²) in [6.45, 7) is 6.47. The molecular weight excluding hydrogens is 326 g/mol. The maximum absolute atomic E-state index is 5.54. The van der Waals surface area contributed by atoms with E-state index >= 15 is 0 Å². The number of ether oxygens (including phenoxy) is 1. The topological polar surface area (TPSA) is 21.3 Å². The smallest absolute Gasteiger partial charge is 0.0719 e. The van der Waals surface area contributed by atoms with Crippen molar-refractivity contribution in [2.24, 2.45) is 0 Å². The standard InChI is InChI=1S/C18H22BrNO/c1-3-21-13-16-9-5-4-8-15(16)12-20-14(2)17-10-6-7-11-18(17)19/h4-11,14,20H,3,12-13H2,1-2H3. The van der Waals surface area contributed by atoms with Gasteiger partial charge in [0, 0.05) is 23.7 Å². The van der Waals surface area contributed by atoms with Crippen LogP contribution in [0.25, 0.3) is 0 Å². The fraction of sp³-hybridized carbons (Fsp3) is 0.333. The number of nitrogens with one attached hydrogen (secondary N) is 1. The molecule has 0 aromatic heterocycles. The van der Waals surface area contributed by atoms with E-state index in [0.717, 1.165) is 17.6 Å². The molecule has 1 N–H and O–H groups in total. The summed E-state index contributed by atoms with van der Waals surface area (Å²) in [5.41, 5.74) is 3.83. The van der Waals surface area contributed by atoms with Gasteiger partial charge in [0.15, 0.2) is 0 Å². The van der Waals surface area contributed by atoms with E-state index in [9.17, 15) is 0 Å². The number of hydrogen-bond acceptors (Lipinski definition) is 2. The number of rotatable bonds is 7. The SMILES string of the molecule is CCOCc1ccccc1CNC(C)c1ccccc1Br. The van der Waals surface area contributed by atoms with Gasteiger partial charge in [-0.2, -0.15) is 0 Å². The van der Waals surface area contributed by atoms with E-state index < -0.39 is 0 Å². The van der Waals surface area contributed by atoms with Crippen molar-refractivity contribution in [2.45, 2.75) is 33.0 Å². The van der Waals surface area contributed by atoms with Crippen LogP contribution in [0.4, 0.5) is 0 Å². The van der Waals surface area contributed by atoms with Gasteiger partial charge in [-0.25, -0.2) is 0 Å². The highest BCUT2D eigenvalue weighted by molar-refractivity contribution is 9.10. The Balaban J connectivity index is 2.01. The first-order chi connectivity index (χ1) is 10.2. The summed E-state index contributed by atoms with van der Waals surface area (Å²) in [4.78, 5) is 0. The van der Waals surface area contributed by atoms with Gasteiger partial charge in [0.25, 0.3) is 0 Å². The lowest BCUT2D eigenvalue weighted by atomic mass is 10.1. The highest BCUT2D eigenvalue weighted by atomic mass is 79.9. The van der Waals surface area contributed by atoms with Crippen LogP contribution in [0.5, 0.6) is 0 Å². The molecule has 0 spiro atoms. The minimum absolute atomic E-state index is 0.292. The lowest BCUT2D eigenvalue weighted by Gasteiger charge is -2.17. The van der Waals surface area contributed by atoms with Gasteiger partial charge in [0.1, 0.15) is 0 Å². The van der Waals surface area contributed by atoms with Gasteiger partial charge < -0.3 is 10.1 Å². The van der Waals surface area contributed by atoms with Gasteiger partial charge >= 0.3 is 0 Å². The molecule has 2 aromatic carbocycles. The fourth-order valence-electron chi connectivity index (χ4n) is 2.28. The summed E-state index contributed by atoms with van der Waals surface area (Å²) in [5, 5.41) is 3.59. The Bertz CT molecular complexity index is 571. The summed E-state index contributed by atoms with van der Waals surface area (Å²) < 4.78 is 6.68. The van der Waals surface area contributed by atoms with Crippen LogP contribution < -0.4 is 5.32 Å². The van der Waals surface area contributed by atoms with E-state index in [1.54, 1.807) is 0 Å². The van der Waals surface area contributed by atoms with E-state index in [-0.39, 0.29) is 0 Å². The second-order valence-electron chi connectivity index (χ2n) is 5.03. The molecule has 2 nitrogen and oxygen atoms in total. The first-order valence-electron chi connectivity index (χ1n) is 7.34. The zero-order valence-corrected chi connectivity index (χ0v) is 14.2.